The van der Waals surface area contributed by atoms with Crippen LogP contribution in [0.15, 0.2) is 30.6 Å². The summed E-state index contributed by atoms with van der Waals surface area (Å²) in [5.74, 6) is 0. The lowest BCUT2D eigenvalue weighted by Crippen LogP contribution is -2.37. The van der Waals surface area contributed by atoms with E-state index in [1.54, 1.807) is 0 Å². The Morgan fingerprint density at radius 3 is 2.29 bits per heavy atom. The van der Waals surface area contributed by atoms with E-state index < -0.39 is 0 Å². The van der Waals surface area contributed by atoms with Crippen molar-refractivity contribution in [2.45, 2.75) is 71.8 Å². The zero-order chi connectivity index (χ0) is 20.4. The summed E-state index contributed by atoms with van der Waals surface area (Å²) >= 11 is 0. The number of unbranched alkanes of at least 4 members (excludes halogenated alkanes) is 5. The van der Waals surface area contributed by atoms with E-state index in [4.69, 9.17) is 4.74 Å². The first kappa shape index (κ1) is 22.5. The molecule has 0 radical (unpaired) electrons. The summed E-state index contributed by atoms with van der Waals surface area (Å²) in [5.41, 5.74) is 5.06. The average molecular weight is 386 g/mol. The molecule has 156 valence electrons. The first-order valence-corrected chi connectivity index (χ1v) is 11.0. The van der Waals surface area contributed by atoms with Gasteiger partial charge in [-0.15, -0.1) is 0 Å². The Balaban J connectivity index is 0.000000300. The summed E-state index contributed by atoms with van der Waals surface area (Å²) in [6.07, 6.45) is 13.7. The second-order valence-corrected chi connectivity index (χ2v) is 7.82. The standard InChI is InChI=1S/C16H21N3O.C8H18/c1-4-20-15-8-13-7-12(14-9-17-19(3)10-14)5-6-16(13)18(2)11-15;1-3-5-7-8-6-4-2/h5-7,9-10,15H,4,8,11H2,1-3H3;3-8H2,1-2H3. The number of aryl methyl sites for hydroxylation is 1. The Hall–Kier alpha value is -1.81. The normalized spacial score (nSPS) is 15.8. The second kappa shape index (κ2) is 11.9. The lowest BCUT2D eigenvalue weighted by atomic mass is 9.96. The molecule has 28 heavy (non-hydrogen) atoms. The van der Waals surface area contributed by atoms with Crippen LogP contribution in [0.4, 0.5) is 5.69 Å². The van der Waals surface area contributed by atoms with Crippen molar-refractivity contribution in [3.8, 4) is 11.1 Å². The van der Waals surface area contributed by atoms with Gasteiger partial charge in [-0.1, -0.05) is 58.4 Å². The molecule has 3 rings (SSSR count). The van der Waals surface area contributed by atoms with E-state index in [0.29, 0.717) is 6.10 Å². The summed E-state index contributed by atoms with van der Waals surface area (Å²) < 4.78 is 7.64. The fourth-order valence-electron chi connectivity index (χ4n) is 3.79. The second-order valence-electron chi connectivity index (χ2n) is 7.82. The van der Waals surface area contributed by atoms with Gasteiger partial charge in [-0.05, 0) is 30.2 Å². The van der Waals surface area contributed by atoms with Crippen molar-refractivity contribution < 1.29 is 4.74 Å². The van der Waals surface area contributed by atoms with Crippen molar-refractivity contribution in [1.29, 1.82) is 0 Å². The van der Waals surface area contributed by atoms with Crippen molar-refractivity contribution in [2.75, 3.05) is 25.1 Å². The van der Waals surface area contributed by atoms with Gasteiger partial charge in [0.05, 0.1) is 12.3 Å². The number of aromatic nitrogens is 2. The van der Waals surface area contributed by atoms with Crippen molar-refractivity contribution in [2.24, 2.45) is 7.05 Å². The molecule has 0 bridgehead atoms. The van der Waals surface area contributed by atoms with E-state index in [1.165, 1.54) is 55.3 Å². The number of ether oxygens (including phenoxy) is 1. The van der Waals surface area contributed by atoms with Gasteiger partial charge in [0.1, 0.15) is 0 Å². The molecule has 4 heteroatoms. The monoisotopic (exact) mass is 385 g/mol. The van der Waals surface area contributed by atoms with Crippen LogP contribution in [0.5, 0.6) is 0 Å². The number of hydrogen-bond acceptors (Lipinski definition) is 3. The molecule has 0 aliphatic carbocycles. The van der Waals surface area contributed by atoms with Gasteiger partial charge in [-0.2, -0.15) is 5.10 Å². The lowest BCUT2D eigenvalue weighted by Gasteiger charge is -2.33. The Kier molecular flexibility index (Phi) is 9.56. The SMILES string of the molecule is CCCCCCCC.CCOC1Cc2cc(-c3cnn(C)c3)ccc2N(C)C1. The van der Waals surface area contributed by atoms with Crippen molar-refractivity contribution in [1.82, 2.24) is 9.78 Å². The van der Waals surface area contributed by atoms with Gasteiger partial charge in [-0.25, -0.2) is 0 Å². The Bertz CT molecular complexity index is 689. The van der Waals surface area contributed by atoms with Crippen LogP contribution >= 0.6 is 0 Å². The topological polar surface area (TPSA) is 30.3 Å². The molecule has 1 aromatic heterocycles. The molecule has 1 unspecified atom stereocenters. The third-order valence-corrected chi connectivity index (χ3v) is 5.31. The maximum absolute atomic E-state index is 5.80. The Labute approximate surface area is 171 Å². The lowest BCUT2D eigenvalue weighted by molar-refractivity contribution is 0.0659. The fourth-order valence-corrected chi connectivity index (χ4v) is 3.79. The molecular weight excluding hydrogens is 346 g/mol. The highest BCUT2D eigenvalue weighted by Gasteiger charge is 2.22. The summed E-state index contributed by atoms with van der Waals surface area (Å²) in [6, 6.07) is 6.65. The quantitative estimate of drug-likeness (QED) is 0.534. The summed E-state index contributed by atoms with van der Waals surface area (Å²) in [4.78, 5) is 2.28. The molecular formula is C24H39N3O. The summed E-state index contributed by atoms with van der Waals surface area (Å²) in [5, 5.41) is 4.25. The molecule has 4 nitrogen and oxygen atoms in total. The number of likely N-dealkylation sites (N-methyl/N-ethyl adjacent to an activating group) is 1. The minimum Gasteiger partial charge on any atom is -0.376 e. The van der Waals surface area contributed by atoms with Crippen molar-refractivity contribution in [3.63, 3.8) is 0 Å². The molecule has 2 aromatic rings. The zero-order valence-corrected chi connectivity index (χ0v) is 18.6. The average Bonchev–Trinajstić information content (AvgIpc) is 3.12. The predicted octanol–water partition coefficient (Wildman–Crippen LogP) is 5.85. The van der Waals surface area contributed by atoms with Gasteiger partial charge < -0.3 is 9.64 Å². The Morgan fingerprint density at radius 1 is 1.00 bits per heavy atom. The van der Waals surface area contributed by atoms with E-state index in [2.05, 4.69) is 56.0 Å². The molecule has 0 saturated heterocycles. The molecule has 1 atom stereocenters. The molecule has 0 spiro atoms. The predicted molar refractivity (Wildman–Crippen MR) is 120 cm³/mol. The molecule has 0 saturated carbocycles. The van der Waals surface area contributed by atoms with Gasteiger partial charge in [-0.3, -0.25) is 4.68 Å². The van der Waals surface area contributed by atoms with E-state index in [0.717, 1.165) is 25.1 Å². The van der Waals surface area contributed by atoms with Crippen LogP contribution in [0.1, 0.15) is 64.9 Å². The number of fused-ring (bicyclic) bond motifs is 1. The van der Waals surface area contributed by atoms with E-state index in [-0.39, 0.29) is 0 Å². The van der Waals surface area contributed by atoms with Crippen LogP contribution in [-0.2, 0) is 18.2 Å². The highest BCUT2D eigenvalue weighted by atomic mass is 16.5. The zero-order valence-electron chi connectivity index (χ0n) is 18.6. The van der Waals surface area contributed by atoms with Crippen LogP contribution in [0.25, 0.3) is 11.1 Å². The molecule has 2 heterocycles. The van der Waals surface area contributed by atoms with E-state index in [1.807, 2.05) is 24.1 Å². The van der Waals surface area contributed by atoms with Crippen LogP contribution in [0.2, 0.25) is 0 Å². The van der Waals surface area contributed by atoms with Crippen LogP contribution < -0.4 is 4.90 Å². The smallest absolute Gasteiger partial charge is 0.0790 e. The van der Waals surface area contributed by atoms with Crippen molar-refractivity contribution >= 4 is 5.69 Å². The Morgan fingerprint density at radius 2 is 1.71 bits per heavy atom. The van der Waals surface area contributed by atoms with Gasteiger partial charge in [0.25, 0.3) is 0 Å². The van der Waals surface area contributed by atoms with E-state index >= 15 is 0 Å². The first-order chi connectivity index (χ1) is 13.6. The third-order valence-electron chi connectivity index (χ3n) is 5.31. The number of anilines is 1. The molecule has 0 amide bonds. The highest BCUT2D eigenvalue weighted by molar-refractivity contribution is 5.69. The van der Waals surface area contributed by atoms with Crippen LogP contribution in [-0.4, -0.2) is 36.1 Å². The molecule has 0 N–H and O–H groups in total. The first-order valence-electron chi connectivity index (χ1n) is 11.0. The van der Waals surface area contributed by atoms with Gasteiger partial charge in [0.15, 0.2) is 0 Å². The number of benzene rings is 1. The maximum Gasteiger partial charge on any atom is 0.0790 e. The number of rotatable bonds is 8. The van der Waals surface area contributed by atoms with Crippen LogP contribution in [0, 0.1) is 0 Å². The summed E-state index contributed by atoms with van der Waals surface area (Å²) in [7, 11) is 4.08. The highest BCUT2D eigenvalue weighted by Crippen LogP contribution is 2.31. The number of nitrogens with zero attached hydrogens (tertiary/aromatic N) is 3. The van der Waals surface area contributed by atoms with E-state index in [9.17, 15) is 0 Å². The van der Waals surface area contributed by atoms with Gasteiger partial charge in [0.2, 0.25) is 0 Å². The summed E-state index contributed by atoms with van der Waals surface area (Å²) in [6.45, 7) is 8.31. The van der Waals surface area contributed by atoms with Crippen LogP contribution in [0.3, 0.4) is 0 Å². The largest absolute Gasteiger partial charge is 0.376 e. The molecule has 1 aliphatic heterocycles. The minimum atomic E-state index is 0.293. The molecule has 1 aromatic carbocycles. The molecule has 1 aliphatic rings. The fraction of sp³-hybridized carbons (Fsp3) is 0.625. The third kappa shape index (κ3) is 6.66. The molecule has 0 fully saturated rings. The van der Waals surface area contributed by atoms with Gasteiger partial charge in [0, 0.05) is 51.1 Å². The maximum atomic E-state index is 5.80. The number of hydrogen-bond donors (Lipinski definition) is 0. The minimum absolute atomic E-state index is 0.293. The van der Waals surface area contributed by atoms with Gasteiger partial charge >= 0.3 is 0 Å². The van der Waals surface area contributed by atoms with Crippen molar-refractivity contribution in [3.05, 3.63) is 36.2 Å².